The minimum Gasteiger partial charge on any atom is -0.380 e. The number of hydrogen-bond donors (Lipinski definition) is 0. The lowest BCUT2D eigenvalue weighted by Gasteiger charge is -2.37. The second-order valence-corrected chi connectivity index (χ2v) is 4.42. The molecule has 96 valence electrons. The van der Waals surface area contributed by atoms with Crippen molar-refractivity contribution in [2.45, 2.75) is 31.4 Å². The second-order valence-electron chi connectivity index (χ2n) is 4.42. The van der Waals surface area contributed by atoms with E-state index >= 15 is 0 Å². The van der Waals surface area contributed by atoms with E-state index < -0.39 is 17.2 Å². The summed E-state index contributed by atoms with van der Waals surface area (Å²) in [5.41, 5.74) is -0.937. The van der Waals surface area contributed by atoms with Crippen LogP contribution in [0.2, 0.25) is 0 Å². The number of aliphatic imine (C=N–C) groups is 1. The summed E-state index contributed by atoms with van der Waals surface area (Å²) in [6, 6.07) is 2.53. The Labute approximate surface area is 103 Å². The van der Waals surface area contributed by atoms with Crippen LogP contribution in [0.25, 0.3) is 0 Å². The Morgan fingerprint density at radius 3 is 2.67 bits per heavy atom. The number of halogens is 2. The quantitative estimate of drug-likeness (QED) is 0.611. The van der Waals surface area contributed by atoms with Gasteiger partial charge in [0.2, 0.25) is 6.08 Å². The van der Waals surface area contributed by atoms with Gasteiger partial charge in [0.15, 0.2) is 0 Å². The van der Waals surface area contributed by atoms with Crippen LogP contribution in [0, 0.1) is 11.6 Å². The van der Waals surface area contributed by atoms with Crippen molar-refractivity contribution < 1.29 is 18.3 Å². The summed E-state index contributed by atoms with van der Waals surface area (Å²) < 4.78 is 32.9. The molecule has 1 aliphatic carbocycles. The van der Waals surface area contributed by atoms with Crippen molar-refractivity contribution in [3.63, 3.8) is 0 Å². The Morgan fingerprint density at radius 1 is 1.44 bits per heavy atom. The number of benzene rings is 1. The summed E-state index contributed by atoms with van der Waals surface area (Å²) in [6.45, 7) is 0.0556. The first-order valence-electron chi connectivity index (χ1n) is 5.70. The van der Waals surface area contributed by atoms with Gasteiger partial charge in [-0.15, -0.1) is 0 Å². The SMILES string of the molecule is COCc1ccc(F)c(C2(N=C=O)CCC2)c1F. The van der Waals surface area contributed by atoms with Crippen LogP contribution >= 0.6 is 0 Å². The van der Waals surface area contributed by atoms with Crippen molar-refractivity contribution in [1.82, 2.24) is 0 Å². The van der Waals surface area contributed by atoms with Crippen molar-refractivity contribution in [1.29, 1.82) is 0 Å². The normalized spacial score (nSPS) is 16.8. The average Bonchev–Trinajstić information content (AvgIpc) is 2.30. The average molecular weight is 253 g/mol. The van der Waals surface area contributed by atoms with Gasteiger partial charge < -0.3 is 4.74 Å². The Hall–Kier alpha value is -1.58. The van der Waals surface area contributed by atoms with Crippen molar-refractivity contribution in [2.75, 3.05) is 7.11 Å². The predicted octanol–water partition coefficient (Wildman–Crippen LogP) is 2.83. The third kappa shape index (κ3) is 1.96. The molecule has 3 nitrogen and oxygen atoms in total. The van der Waals surface area contributed by atoms with Crippen LogP contribution in [0.3, 0.4) is 0 Å². The number of hydrogen-bond acceptors (Lipinski definition) is 3. The van der Waals surface area contributed by atoms with Gasteiger partial charge in [0.05, 0.1) is 12.2 Å². The fourth-order valence-electron chi connectivity index (χ4n) is 2.31. The van der Waals surface area contributed by atoms with E-state index in [1.807, 2.05) is 0 Å². The van der Waals surface area contributed by atoms with Gasteiger partial charge in [-0.3, -0.25) is 0 Å². The Kier molecular flexibility index (Phi) is 3.55. The Morgan fingerprint density at radius 2 is 2.17 bits per heavy atom. The van der Waals surface area contributed by atoms with Crippen LogP contribution in [0.5, 0.6) is 0 Å². The number of nitrogens with zero attached hydrogens (tertiary/aromatic N) is 1. The van der Waals surface area contributed by atoms with Crippen molar-refractivity contribution >= 4 is 6.08 Å². The topological polar surface area (TPSA) is 38.7 Å². The minimum absolute atomic E-state index is 0.0556. The minimum atomic E-state index is -1.07. The molecule has 1 aromatic carbocycles. The number of methoxy groups -OCH3 is 1. The summed E-state index contributed by atoms with van der Waals surface area (Å²) >= 11 is 0. The van der Waals surface area contributed by atoms with Crippen LogP contribution in [0.1, 0.15) is 30.4 Å². The van der Waals surface area contributed by atoms with Gasteiger partial charge in [-0.1, -0.05) is 6.07 Å². The van der Waals surface area contributed by atoms with Crippen molar-refractivity contribution in [3.05, 3.63) is 34.9 Å². The molecule has 0 spiro atoms. The lowest BCUT2D eigenvalue weighted by Crippen LogP contribution is -2.34. The molecule has 1 saturated carbocycles. The number of rotatable bonds is 4. The maximum atomic E-state index is 14.3. The van der Waals surface area contributed by atoms with Gasteiger partial charge in [0.25, 0.3) is 0 Å². The predicted molar refractivity (Wildman–Crippen MR) is 60.7 cm³/mol. The molecular formula is C13H13F2NO2. The molecule has 0 aliphatic heterocycles. The third-order valence-corrected chi connectivity index (χ3v) is 3.38. The number of carbonyl (C=O) groups excluding carboxylic acids is 1. The molecule has 0 amide bonds. The van der Waals surface area contributed by atoms with Gasteiger partial charge in [-0.25, -0.2) is 13.6 Å². The Bertz CT molecular complexity index is 506. The van der Waals surface area contributed by atoms with Gasteiger partial charge in [-0.2, -0.15) is 4.99 Å². The van der Waals surface area contributed by atoms with E-state index in [1.165, 1.54) is 25.3 Å². The zero-order valence-corrected chi connectivity index (χ0v) is 10.0. The highest BCUT2D eigenvalue weighted by molar-refractivity contribution is 5.41. The highest BCUT2D eigenvalue weighted by Crippen LogP contribution is 2.47. The maximum Gasteiger partial charge on any atom is 0.235 e. The fourth-order valence-corrected chi connectivity index (χ4v) is 2.31. The summed E-state index contributed by atoms with van der Waals surface area (Å²) in [5, 5.41) is 0. The maximum absolute atomic E-state index is 14.3. The van der Waals surface area contributed by atoms with E-state index in [0.29, 0.717) is 12.8 Å². The van der Waals surface area contributed by atoms with Crippen LogP contribution in [-0.2, 0) is 21.7 Å². The highest BCUT2D eigenvalue weighted by atomic mass is 19.1. The first-order valence-corrected chi connectivity index (χ1v) is 5.70. The lowest BCUT2D eigenvalue weighted by molar-refractivity contribution is 0.179. The van der Waals surface area contributed by atoms with Gasteiger partial charge >= 0.3 is 0 Å². The second kappa shape index (κ2) is 4.96. The molecule has 1 aliphatic rings. The Balaban J connectivity index is 2.55. The molecule has 0 atom stereocenters. The molecular weight excluding hydrogens is 240 g/mol. The van der Waals surface area contributed by atoms with E-state index in [4.69, 9.17) is 4.74 Å². The van der Waals surface area contributed by atoms with Crippen LogP contribution in [0.15, 0.2) is 17.1 Å². The summed E-state index contributed by atoms with van der Waals surface area (Å²) in [4.78, 5) is 14.1. The molecule has 5 heteroatoms. The van der Waals surface area contributed by atoms with E-state index in [2.05, 4.69) is 4.99 Å². The van der Waals surface area contributed by atoms with Crippen molar-refractivity contribution in [3.8, 4) is 0 Å². The molecule has 0 bridgehead atoms. The standard InChI is InChI=1S/C13H13F2NO2/c1-18-7-9-3-4-10(14)11(12(9)15)13(16-8-17)5-2-6-13/h3-4H,2,5-7H2,1H3. The van der Waals surface area contributed by atoms with Gasteiger partial charge in [0.1, 0.15) is 17.2 Å². The van der Waals surface area contributed by atoms with Crippen LogP contribution in [-0.4, -0.2) is 13.2 Å². The summed E-state index contributed by atoms with van der Waals surface area (Å²) in [7, 11) is 1.44. The molecule has 0 radical (unpaired) electrons. The molecule has 0 unspecified atom stereocenters. The third-order valence-electron chi connectivity index (χ3n) is 3.38. The van der Waals surface area contributed by atoms with Crippen molar-refractivity contribution in [2.24, 2.45) is 4.99 Å². The number of ether oxygens (including phenoxy) is 1. The molecule has 2 rings (SSSR count). The van der Waals surface area contributed by atoms with Crippen LogP contribution in [0.4, 0.5) is 8.78 Å². The lowest BCUT2D eigenvalue weighted by atomic mass is 9.71. The molecule has 1 aromatic rings. The fraction of sp³-hybridized carbons (Fsp3) is 0.462. The first kappa shape index (κ1) is 12.9. The molecule has 0 aromatic heterocycles. The first-order chi connectivity index (χ1) is 8.64. The van der Waals surface area contributed by atoms with Crippen LogP contribution < -0.4 is 0 Å². The van der Waals surface area contributed by atoms with E-state index in [1.54, 1.807) is 0 Å². The molecule has 0 saturated heterocycles. The smallest absolute Gasteiger partial charge is 0.235 e. The summed E-state index contributed by atoms with van der Waals surface area (Å²) in [5.74, 6) is -1.35. The molecule has 0 heterocycles. The van der Waals surface area contributed by atoms with Gasteiger partial charge in [0, 0.05) is 12.7 Å². The van der Waals surface area contributed by atoms with E-state index in [0.717, 1.165) is 6.42 Å². The monoisotopic (exact) mass is 253 g/mol. The van der Waals surface area contributed by atoms with Gasteiger partial charge in [-0.05, 0) is 25.3 Å². The zero-order valence-electron chi connectivity index (χ0n) is 10.0. The van der Waals surface area contributed by atoms with E-state index in [-0.39, 0.29) is 17.7 Å². The number of isocyanates is 1. The molecule has 1 fully saturated rings. The highest BCUT2D eigenvalue weighted by Gasteiger charge is 2.43. The molecule has 18 heavy (non-hydrogen) atoms. The molecule has 0 N–H and O–H groups in total. The largest absolute Gasteiger partial charge is 0.380 e. The summed E-state index contributed by atoms with van der Waals surface area (Å²) in [6.07, 6.45) is 3.15. The zero-order chi connectivity index (χ0) is 13.2. The van der Waals surface area contributed by atoms with E-state index in [9.17, 15) is 13.6 Å².